The van der Waals surface area contributed by atoms with E-state index < -0.39 is 11.9 Å². The molecule has 0 spiro atoms. The van der Waals surface area contributed by atoms with Crippen LogP contribution >= 0.6 is 0 Å². The van der Waals surface area contributed by atoms with Crippen LogP contribution in [-0.4, -0.2) is 21.7 Å². The van der Waals surface area contributed by atoms with Gasteiger partial charge in [-0.25, -0.2) is 0 Å². The van der Waals surface area contributed by atoms with Crippen LogP contribution in [0.5, 0.6) is 0 Å². The summed E-state index contributed by atoms with van der Waals surface area (Å²) in [6.07, 6.45) is 0.765. The lowest BCUT2D eigenvalue weighted by Gasteiger charge is -2.28. The fourth-order valence-electron chi connectivity index (χ4n) is 4.42. The average Bonchev–Trinajstić information content (AvgIpc) is 3.19. The molecule has 3 rings (SSSR count). The highest BCUT2D eigenvalue weighted by molar-refractivity contribution is 5.76. The molecule has 4 atom stereocenters. The molecule has 1 aromatic rings. The molecule has 2 bridgehead atoms. The molecular formula is C17H24F3N3O. The van der Waals surface area contributed by atoms with E-state index in [0.717, 1.165) is 17.9 Å². The van der Waals surface area contributed by atoms with E-state index in [1.807, 2.05) is 6.92 Å². The Hall–Kier alpha value is -1.53. The fourth-order valence-corrected chi connectivity index (χ4v) is 4.42. The Morgan fingerprint density at radius 3 is 2.71 bits per heavy atom. The van der Waals surface area contributed by atoms with Crippen molar-refractivity contribution in [1.82, 2.24) is 15.1 Å². The molecule has 24 heavy (non-hydrogen) atoms. The molecular weight excluding hydrogens is 319 g/mol. The maximum absolute atomic E-state index is 12.6. The van der Waals surface area contributed by atoms with Crippen LogP contribution < -0.4 is 5.32 Å². The van der Waals surface area contributed by atoms with Crippen LogP contribution in [0.15, 0.2) is 6.07 Å². The van der Waals surface area contributed by atoms with Crippen molar-refractivity contribution in [2.45, 2.75) is 64.7 Å². The molecule has 0 unspecified atom stereocenters. The highest BCUT2D eigenvalue weighted by atomic mass is 19.4. The molecule has 134 valence electrons. The summed E-state index contributed by atoms with van der Waals surface area (Å²) in [6.45, 7) is 3.78. The number of aryl methyl sites for hydroxylation is 2. The highest BCUT2D eigenvalue weighted by Gasteiger charge is 2.42. The van der Waals surface area contributed by atoms with E-state index in [1.54, 1.807) is 6.92 Å². The van der Waals surface area contributed by atoms with Crippen LogP contribution in [0.2, 0.25) is 0 Å². The summed E-state index contributed by atoms with van der Waals surface area (Å²) in [4.78, 5) is 12.1. The van der Waals surface area contributed by atoms with Crippen LogP contribution in [0.4, 0.5) is 13.2 Å². The van der Waals surface area contributed by atoms with Crippen LogP contribution in [0, 0.1) is 24.7 Å². The molecule has 2 fully saturated rings. The van der Waals surface area contributed by atoms with Gasteiger partial charge in [-0.15, -0.1) is 0 Å². The van der Waals surface area contributed by atoms with E-state index in [4.69, 9.17) is 0 Å². The van der Waals surface area contributed by atoms with Gasteiger partial charge >= 0.3 is 6.18 Å². The van der Waals surface area contributed by atoms with Gasteiger partial charge in [0.15, 0.2) is 5.69 Å². The minimum atomic E-state index is -4.45. The van der Waals surface area contributed by atoms with Gasteiger partial charge in [-0.1, -0.05) is 6.42 Å². The van der Waals surface area contributed by atoms with E-state index in [0.29, 0.717) is 11.6 Å². The van der Waals surface area contributed by atoms with E-state index in [1.165, 1.54) is 30.4 Å². The predicted octanol–water partition coefficient (Wildman–Crippen LogP) is 3.54. The van der Waals surface area contributed by atoms with Gasteiger partial charge in [-0.3, -0.25) is 9.48 Å². The maximum atomic E-state index is 12.6. The summed E-state index contributed by atoms with van der Waals surface area (Å²) >= 11 is 0. The van der Waals surface area contributed by atoms with Crippen molar-refractivity contribution < 1.29 is 18.0 Å². The molecule has 2 aliphatic carbocycles. The third kappa shape index (κ3) is 3.59. The third-order valence-electron chi connectivity index (χ3n) is 5.65. The standard InChI is InChI=1S/C17H24F3N3O/c1-10-7-15(17(18,19)20)22-23(10)6-5-16(24)21-11(2)14-9-12-3-4-13(14)8-12/h7,11-14H,3-6,8-9H2,1-2H3,(H,21,24)/t11-,12+,13+,14+/m0/s1. The first-order valence-corrected chi connectivity index (χ1v) is 8.65. The van der Waals surface area contributed by atoms with Gasteiger partial charge < -0.3 is 5.32 Å². The van der Waals surface area contributed by atoms with E-state index in [-0.39, 0.29) is 24.9 Å². The summed E-state index contributed by atoms with van der Waals surface area (Å²) in [6, 6.07) is 1.15. The Morgan fingerprint density at radius 2 is 2.17 bits per heavy atom. The second-order valence-electron chi connectivity index (χ2n) is 7.34. The second kappa shape index (κ2) is 6.41. The zero-order valence-electron chi connectivity index (χ0n) is 14.1. The molecule has 1 aromatic heterocycles. The zero-order chi connectivity index (χ0) is 17.5. The molecule has 1 amide bonds. The van der Waals surface area contributed by atoms with E-state index >= 15 is 0 Å². The fraction of sp³-hybridized carbons (Fsp3) is 0.765. The number of nitrogens with one attached hydrogen (secondary N) is 1. The van der Waals surface area contributed by atoms with Gasteiger partial charge in [0.25, 0.3) is 0 Å². The van der Waals surface area contributed by atoms with Crippen LogP contribution in [-0.2, 0) is 17.5 Å². The summed E-state index contributed by atoms with van der Waals surface area (Å²) in [5, 5.41) is 6.58. The van der Waals surface area contributed by atoms with Crippen molar-refractivity contribution in [3.63, 3.8) is 0 Å². The Morgan fingerprint density at radius 1 is 1.42 bits per heavy atom. The number of amides is 1. The zero-order valence-corrected chi connectivity index (χ0v) is 14.1. The van der Waals surface area contributed by atoms with Gasteiger partial charge in [0.05, 0.1) is 0 Å². The number of halogens is 3. The number of rotatable bonds is 5. The number of alkyl halides is 3. The lowest BCUT2D eigenvalue weighted by atomic mass is 9.84. The molecule has 1 heterocycles. The Kier molecular flexibility index (Phi) is 4.62. The van der Waals surface area contributed by atoms with Crippen LogP contribution in [0.3, 0.4) is 0 Å². The minimum absolute atomic E-state index is 0.117. The topological polar surface area (TPSA) is 46.9 Å². The Balaban J connectivity index is 1.50. The highest BCUT2D eigenvalue weighted by Crippen LogP contribution is 2.49. The first-order valence-electron chi connectivity index (χ1n) is 8.65. The van der Waals surface area contributed by atoms with Gasteiger partial charge in [0.1, 0.15) is 0 Å². The number of hydrogen-bond donors (Lipinski definition) is 1. The number of carbonyl (C=O) groups excluding carboxylic acids is 1. The average molecular weight is 343 g/mol. The Labute approximate surface area is 139 Å². The SMILES string of the molecule is Cc1cc(C(F)(F)F)nn1CCC(=O)N[C@@H](C)[C@H]1C[C@@H]2CC[C@@H]1C2. The quantitative estimate of drug-likeness (QED) is 0.889. The van der Waals surface area contributed by atoms with Gasteiger partial charge in [0, 0.05) is 24.7 Å². The van der Waals surface area contributed by atoms with Gasteiger partial charge in [-0.05, 0) is 56.9 Å². The lowest BCUT2D eigenvalue weighted by molar-refractivity contribution is -0.141. The van der Waals surface area contributed by atoms with E-state index in [2.05, 4.69) is 10.4 Å². The molecule has 7 heteroatoms. The largest absolute Gasteiger partial charge is 0.435 e. The monoisotopic (exact) mass is 343 g/mol. The smallest absolute Gasteiger partial charge is 0.353 e. The molecule has 2 saturated carbocycles. The number of carbonyl (C=O) groups is 1. The Bertz CT molecular complexity index is 611. The number of hydrogen-bond acceptors (Lipinski definition) is 2. The molecule has 0 aromatic carbocycles. The summed E-state index contributed by atoms with van der Waals surface area (Å²) in [7, 11) is 0. The van der Waals surface area contributed by atoms with Crippen molar-refractivity contribution in [2.24, 2.45) is 17.8 Å². The van der Waals surface area contributed by atoms with Crippen molar-refractivity contribution in [3.05, 3.63) is 17.5 Å². The summed E-state index contributed by atoms with van der Waals surface area (Å²) in [5.41, 5.74) is -0.493. The van der Waals surface area contributed by atoms with E-state index in [9.17, 15) is 18.0 Å². The van der Waals surface area contributed by atoms with Crippen molar-refractivity contribution in [1.29, 1.82) is 0 Å². The number of nitrogens with zero attached hydrogens (tertiary/aromatic N) is 2. The van der Waals surface area contributed by atoms with Crippen molar-refractivity contribution in [3.8, 4) is 0 Å². The van der Waals surface area contributed by atoms with Crippen LogP contribution in [0.25, 0.3) is 0 Å². The second-order valence-corrected chi connectivity index (χ2v) is 7.34. The lowest BCUT2D eigenvalue weighted by Crippen LogP contribution is -2.40. The summed E-state index contributed by atoms with van der Waals surface area (Å²) in [5.74, 6) is 1.99. The van der Waals surface area contributed by atoms with Crippen LogP contribution in [0.1, 0.15) is 50.4 Å². The molecule has 2 aliphatic rings. The minimum Gasteiger partial charge on any atom is -0.353 e. The number of aromatic nitrogens is 2. The van der Waals surface area contributed by atoms with Gasteiger partial charge in [-0.2, -0.15) is 18.3 Å². The maximum Gasteiger partial charge on any atom is 0.435 e. The molecule has 0 aliphatic heterocycles. The number of fused-ring (bicyclic) bond motifs is 2. The first kappa shape index (κ1) is 17.3. The van der Waals surface area contributed by atoms with Crippen molar-refractivity contribution in [2.75, 3.05) is 0 Å². The third-order valence-corrected chi connectivity index (χ3v) is 5.65. The first-order chi connectivity index (χ1) is 11.2. The molecule has 0 radical (unpaired) electrons. The normalized spacial score (nSPS) is 27.5. The van der Waals surface area contributed by atoms with Crippen molar-refractivity contribution >= 4 is 5.91 Å². The molecule has 1 N–H and O–H groups in total. The molecule has 4 nitrogen and oxygen atoms in total. The summed E-state index contributed by atoms with van der Waals surface area (Å²) < 4.78 is 39.2. The van der Waals surface area contributed by atoms with Gasteiger partial charge in [0.2, 0.25) is 5.91 Å². The predicted molar refractivity (Wildman–Crippen MR) is 83.1 cm³/mol. The molecule has 0 saturated heterocycles.